The minimum atomic E-state index is -1.43. The van der Waals surface area contributed by atoms with Gasteiger partial charge in [-0.3, -0.25) is 43.5 Å². The van der Waals surface area contributed by atoms with Gasteiger partial charge >= 0.3 is 0 Å². The van der Waals surface area contributed by atoms with Crippen LogP contribution >= 0.6 is 0 Å². The zero-order valence-corrected chi connectivity index (χ0v) is 45.3. The highest BCUT2D eigenvalue weighted by Gasteiger charge is 2.48. The van der Waals surface area contributed by atoms with Gasteiger partial charge in [-0.15, -0.1) is 0 Å². The lowest BCUT2D eigenvalue weighted by atomic mass is 9.82. The predicted octanol–water partition coefficient (Wildman–Crippen LogP) is 4.30. The number of morpholine rings is 1. The lowest BCUT2D eigenvalue weighted by molar-refractivity contribution is -0.151. The number of hydrogen-bond donors (Lipinski definition) is 6. The van der Waals surface area contributed by atoms with E-state index in [0.29, 0.717) is 87.7 Å². The Labute approximate surface area is 458 Å². The normalized spacial score (nSPS) is 23.2. The van der Waals surface area contributed by atoms with Crippen LogP contribution in [0, 0.1) is 23.4 Å². The monoisotopic (exact) mass is 1090 g/mol. The number of carbonyl (C=O) groups excluding carboxylic acids is 6. The number of halogens is 3. The highest BCUT2D eigenvalue weighted by Crippen LogP contribution is 2.41. The van der Waals surface area contributed by atoms with Gasteiger partial charge in [0.2, 0.25) is 29.5 Å². The number of anilines is 3. The van der Waals surface area contributed by atoms with Crippen LogP contribution in [0.2, 0.25) is 0 Å². The van der Waals surface area contributed by atoms with Crippen LogP contribution in [0.3, 0.4) is 0 Å². The third kappa shape index (κ3) is 12.8. The molecular weight excluding hydrogens is 1020 g/mol. The van der Waals surface area contributed by atoms with Gasteiger partial charge in [0.1, 0.15) is 41.8 Å². The van der Waals surface area contributed by atoms with Gasteiger partial charge in [0, 0.05) is 82.0 Å². The van der Waals surface area contributed by atoms with Gasteiger partial charge in [-0.1, -0.05) is 36.4 Å². The SMILES string of the molecule is CN[C@@H](C)C(=O)N[C@H](C(=O)N1Cc2cc(NC(=O)CN(C(=O)CN3C[C@@H](C)NC[C@@H]3CN3CCOC[C@H]3C)C(=O)[C@]3(C)CNc4cc(Cc5ccc(F)cc5)ccc43)ccc2[C@H]1C(=O)Nc1c(F)cccc1F)C1CCOCC1. The molecule has 0 spiro atoms. The molecule has 422 valence electrons. The third-order valence-electron chi connectivity index (χ3n) is 16.2. The molecule has 5 heterocycles. The summed E-state index contributed by atoms with van der Waals surface area (Å²) >= 11 is 0. The van der Waals surface area contributed by atoms with Gasteiger partial charge in [0.15, 0.2) is 0 Å². The van der Waals surface area contributed by atoms with Crippen molar-refractivity contribution in [3.63, 3.8) is 0 Å². The molecule has 0 bridgehead atoms. The van der Waals surface area contributed by atoms with Crippen molar-refractivity contribution in [2.45, 2.75) is 95.2 Å². The van der Waals surface area contributed by atoms with Crippen LogP contribution in [-0.2, 0) is 56.6 Å². The van der Waals surface area contributed by atoms with Crippen molar-refractivity contribution in [1.82, 2.24) is 35.6 Å². The number of nitrogens with one attached hydrogen (secondary N) is 6. The minimum Gasteiger partial charge on any atom is -0.383 e. The highest BCUT2D eigenvalue weighted by atomic mass is 19.1. The van der Waals surface area contributed by atoms with Gasteiger partial charge in [0.05, 0.1) is 31.2 Å². The first kappa shape index (κ1) is 57.0. The van der Waals surface area contributed by atoms with Crippen LogP contribution in [0.25, 0.3) is 0 Å². The van der Waals surface area contributed by atoms with E-state index in [0.717, 1.165) is 40.8 Å². The molecule has 7 atom stereocenters. The van der Waals surface area contributed by atoms with Crippen molar-refractivity contribution in [3.8, 4) is 0 Å². The summed E-state index contributed by atoms with van der Waals surface area (Å²) in [7, 11) is 1.61. The summed E-state index contributed by atoms with van der Waals surface area (Å²) in [4.78, 5) is 94.2. The van der Waals surface area contributed by atoms with Gasteiger partial charge in [-0.25, -0.2) is 13.2 Å². The molecule has 0 saturated carbocycles. The molecule has 0 aliphatic carbocycles. The third-order valence-corrected chi connectivity index (χ3v) is 16.2. The molecule has 0 aromatic heterocycles. The first-order chi connectivity index (χ1) is 37.9. The molecular formula is C58H71F3N10O8. The Bertz CT molecular complexity index is 2910. The van der Waals surface area contributed by atoms with Crippen molar-refractivity contribution in [2.24, 2.45) is 5.92 Å². The Morgan fingerprint density at radius 2 is 1.61 bits per heavy atom. The average Bonchev–Trinajstić information content (AvgIpc) is 4.23. The minimum absolute atomic E-state index is 0.0390. The summed E-state index contributed by atoms with van der Waals surface area (Å²) < 4.78 is 55.1. The van der Waals surface area contributed by atoms with Crippen LogP contribution in [0.15, 0.2) is 78.9 Å². The second-order valence-corrected chi connectivity index (χ2v) is 21.8. The molecule has 9 rings (SSSR count). The summed E-state index contributed by atoms with van der Waals surface area (Å²) in [5, 5.41) is 17.9. The first-order valence-corrected chi connectivity index (χ1v) is 27.2. The molecule has 5 aliphatic rings. The highest BCUT2D eigenvalue weighted by molar-refractivity contribution is 6.07. The number of rotatable bonds is 17. The van der Waals surface area contributed by atoms with Crippen LogP contribution in [0.1, 0.15) is 74.4 Å². The van der Waals surface area contributed by atoms with E-state index in [-0.39, 0.29) is 55.2 Å². The molecule has 18 nitrogen and oxygen atoms in total. The van der Waals surface area contributed by atoms with Crippen LogP contribution in [-0.4, -0.2) is 165 Å². The largest absolute Gasteiger partial charge is 0.383 e. The molecule has 6 amide bonds. The number of para-hydroxylation sites is 1. The van der Waals surface area contributed by atoms with Crippen molar-refractivity contribution in [2.75, 3.05) is 95.2 Å². The summed E-state index contributed by atoms with van der Waals surface area (Å²) in [6, 6.07) is 16.6. The number of likely N-dealkylation sites (N-methyl/N-ethyl adjacent to an activating group) is 1. The molecule has 3 fully saturated rings. The van der Waals surface area contributed by atoms with Gasteiger partial charge < -0.3 is 46.3 Å². The van der Waals surface area contributed by atoms with Crippen molar-refractivity contribution in [1.29, 1.82) is 0 Å². The molecule has 21 heteroatoms. The van der Waals surface area contributed by atoms with Gasteiger partial charge in [-0.05, 0) is 130 Å². The lowest BCUT2D eigenvalue weighted by Crippen LogP contribution is -2.63. The molecule has 5 aliphatic heterocycles. The quantitative estimate of drug-likeness (QED) is 0.0875. The fourth-order valence-corrected chi connectivity index (χ4v) is 11.5. The zero-order valence-electron chi connectivity index (χ0n) is 45.3. The second kappa shape index (κ2) is 24.7. The first-order valence-electron chi connectivity index (χ1n) is 27.2. The fourth-order valence-electron chi connectivity index (χ4n) is 11.5. The topological polar surface area (TPSA) is 206 Å². The number of benzene rings is 4. The van der Waals surface area contributed by atoms with E-state index in [1.807, 2.05) is 25.1 Å². The average molecular weight is 1090 g/mol. The maximum atomic E-state index is 15.3. The molecule has 0 unspecified atom stereocenters. The van der Waals surface area contributed by atoms with Crippen molar-refractivity contribution >= 4 is 52.5 Å². The maximum Gasteiger partial charge on any atom is 0.252 e. The molecule has 0 radical (unpaired) electrons. The number of amides is 6. The van der Waals surface area contributed by atoms with Crippen LogP contribution in [0.5, 0.6) is 0 Å². The van der Waals surface area contributed by atoms with Crippen LogP contribution < -0.4 is 31.9 Å². The van der Waals surface area contributed by atoms with Gasteiger partial charge in [0.25, 0.3) is 5.91 Å². The number of ether oxygens (including phenoxy) is 2. The smallest absolute Gasteiger partial charge is 0.252 e. The summed E-state index contributed by atoms with van der Waals surface area (Å²) in [6.45, 7) is 11.1. The zero-order chi connectivity index (χ0) is 56.1. The Kier molecular flexibility index (Phi) is 17.8. The lowest BCUT2D eigenvalue weighted by Gasteiger charge is -2.44. The van der Waals surface area contributed by atoms with Crippen molar-refractivity contribution in [3.05, 3.63) is 124 Å². The second-order valence-electron chi connectivity index (χ2n) is 21.8. The fraction of sp³-hybridized carbons (Fsp3) is 0.483. The summed E-state index contributed by atoms with van der Waals surface area (Å²) in [6.07, 6.45) is 1.39. The Balaban J connectivity index is 0.996. The van der Waals surface area contributed by atoms with E-state index >= 15 is 13.6 Å². The molecule has 79 heavy (non-hydrogen) atoms. The van der Waals surface area contributed by atoms with E-state index in [4.69, 9.17) is 9.47 Å². The summed E-state index contributed by atoms with van der Waals surface area (Å²) in [5.74, 6) is -6.56. The Morgan fingerprint density at radius 3 is 2.33 bits per heavy atom. The van der Waals surface area contributed by atoms with E-state index in [1.54, 1.807) is 39.1 Å². The molecule has 3 saturated heterocycles. The Morgan fingerprint density at radius 1 is 0.873 bits per heavy atom. The van der Waals surface area contributed by atoms with E-state index in [2.05, 4.69) is 48.6 Å². The number of fused-ring (bicyclic) bond motifs is 2. The predicted molar refractivity (Wildman–Crippen MR) is 290 cm³/mol. The standard InChI is InChI=1S/C58H71F3N10O8/c1-34-27-69(43(26-63-34)29-68-19-22-79-32-35(68)2)31-50(73)70(57(77)58(4)33-64-48-24-38(11-16-45(48)58)23-37-9-12-41(59)13-10-37)30-49(72)65-42-14-15-44-40(25-42)28-71(53(44)55(75)67-52-46(60)7-6-8-47(52)61)56(76)51(39-17-20-78-21-18-39)66-54(74)36(3)62-5/h6-16,24-25,34-36,39,43,51,53,62-64H,17-23,26-33H2,1-5H3,(H,65,72)(H,66,74)(H,67,75)/t34-,35-,36+,43-,51+,53+,58-/m1/s1. The number of piperazine rings is 1. The number of hydrogen-bond acceptors (Lipinski definition) is 13. The summed E-state index contributed by atoms with van der Waals surface area (Å²) in [5.41, 5.74) is 2.14. The van der Waals surface area contributed by atoms with E-state index in [1.165, 1.54) is 29.2 Å². The van der Waals surface area contributed by atoms with Gasteiger partial charge in [-0.2, -0.15) is 0 Å². The molecule has 6 N–H and O–H groups in total. The number of nitrogens with zero attached hydrogens (tertiary/aromatic N) is 4. The molecule has 4 aromatic rings. The number of imide groups is 1. The van der Waals surface area contributed by atoms with Crippen LogP contribution in [0.4, 0.5) is 30.2 Å². The van der Waals surface area contributed by atoms with E-state index < -0.39 is 82.9 Å². The maximum absolute atomic E-state index is 15.3. The van der Waals surface area contributed by atoms with Crippen molar-refractivity contribution < 1.29 is 51.4 Å². The molecule has 4 aromatic carbocycles. The Hall–Kier alpha value is -6.75. The number of carbonyl (C=O) groups is 6. The van der Waals surface area contributed by atoms with E-state index in [9.17, 15) is 28.4 Å².